The minimum absolute atomic E-state index is 0.0211. The van der Waals surface area contributed by atoms with Crippen LogP contribution < -0.4 is 10.0 Å². The molecule has 1 heterocycles. The Balaban J connectivity index is 1.86. The van der Waals surface area contributed by atoms with Gasteiger partial charge in [-0.3, -0.25) is 0 Å². The third kappa shape index (κ3) is 6.06. The summed E-state index contributed by atoms with van der Waals surface area (Å²) in [4.78, 5) is 1.35. The Kier molecular flexibility index (Phi) is 6.35. The Labute approximate surface area is 143 Å². The molecule has 0 saturated carbocycles. The molecule has 0 radical (unpaired) electrons. The van der Waals surface area contributed by atoms with Crippen LogP contribution in [0.15, 0.2) is 35.7 Å². The van der Waals surface area contributed by atoms with Crippen molar-refractivity contribution in [1.82, 2.24) is 10.0 Å². The van der Waals surface area contributed by atoms with Gasteiger partial charge in [-0.25, -0.2) is 13.1 Å². The fraction of sp³-hybridized carbons (Fsp3) is 0.412. The second-order valence-electron chi connectivity index (χ2n) is 5.98. The van der Waals surface area contributed by atoms with Crippen molar-refractivity contribution in [2.75, 3.05) is 0 Å². The van der Waals surface area contributed by atoms with E-state index in [1.165, 1.54) is 10.4 Å². The summed E-state index contributed by atoms with van der Waals surface area (Å²) in [7, 11) is -3.26. The lowest BCUT2D eigenvalue weighted by atomic mass is 10.1. The van der Waals surface area contributed by atoms with Crippen LogP contribution in [-0.4, -0.2) is 14.5 Å². The molecule has 0 fully saturated rings. The lowest BCUT2D eigenvalue weighted by molar-refractivity contribution is 0.569. The zero-order chi connectivity index (χ0) is 16.9. The summed E-state index contributed by atoms with van der Waals surface area (Å²) in [6.07, 6.45) is 0. The molecule has 0 atom stereocenters. The maximum atomic E-state index is 11.9. The van der Waals surface area contributed by atoms with Crippen molar-refractivity contribution in [2.45, 2.75) is 45.7 Å². The molecule has 0 amide bonds. The minimum Gasteiger partial charge on any atom is -0.308 e. The quantitative estimate of drug-likeness (QED) is 0.767. The lowest BCUT2D eigenvalue weighted by Gasteiger charge is -2.10. The van der Waals surface area contributed by atoms with E-state index in [-0.39, 0.29) is 11.8 Å². The highest BCUT2D eigenvalue weighted by Gasteiger charge is 2.12. The fourth-order valence-corrected chi connectivity index (χ4v) is 4.59. The molecule has 0 bridgehead atoms. The van der Waals surface area contributed by atoms with Crippen LogP contribution >= 0.6 is 11.3 Å². The summed E-state index contributed by atoms with van der Waals surface area (Å²) in [5.74, 6) is 0.0211. The molecule has 0 aliphatic carbocycles. The third-order valence-corrected chi connectivity index (χ3v) is 5.94. The second-order valence-corrected chi connectivity index (χ2v) is 8.73. The number of hydrogen-bond donors (Lipinski definition) is 2. The molecule has 0 saturated heterocycles. The van der Waals surface area contributed by atoms with Crippen LogP contribution in [0.2, 0.25) is 0 Å². The Bertz CT molecular complexity index is 719. The fourth-order valence-electron chi connectivity index (χ4n) is 2.28. The van der Waals surface area contributed by atoms with Crippen LogP contribution in [0.25, 0.3) is 0 Å². The third-order valence-electron chi connectivity index (χ3n) is 3.38. The number of hydrogen-bond acceptors (Lipinski definition) is 4. The Hall–Kier alpha value is -1.21. The van der Waals surface area contributed by atoms with Crippen LogP contribution in [0.3, 0.4) is 0 Å². The van der Waals surface area contributed by atoms with Crippen molar-refractivity contribution >= 4 is 21.4 Å². The highest BCUT2D eigenvalue weighted by Crippen LogP contribution is 2.15. The van der Waals surface area contributed by atoms with Crippen molar-refractivity contribution in [1.29, 1.82) is 0 Å². The van der Waals surface area contributed by atoms with Gasteiger partial charge in [-0.2, -0.15) is 0 Å². The van der Waals surface area contributed by atoms with Gasteiger partial charge in [-0.1, -0.05) is 24.3 Å². The molecule has 23 heavy (non-hydrogen) atoms. The highest BCUT2D eigenvalue weighted by atomic mass is 32.2. The molecule has 1 aromatic carbocycles. The standard InChI is InChI=1S/C17H24N2O2S2/c1-13(2)19-23(20,21)12-16-6-4-15(5-7-16)10-18-11-17-14(3)8-9-22-17/h4-9,13,18-19H,10-12H2,1-3H3. The molecule has 2 rings (SSSR count). The van der Waals surface area contributed by atoms with E-state index in [1.807, 2.05) is 38.1 Å². The molecule has 2 aromatic rings. The molecule has 4 nitrogen and oxygen atoms in total. The summed E-state index contributed by atoms with van der Waals surface area (Å²) < 4.78 is 26.4. The van der Waals surface area contributed by atoms with E-state index < -0.39 is 10.0 Å². The first-order valence-corrected chi connectivity index (χ1v) is 10.2. The molecule has 0 unspecified atom stereocenters. The predicted octanol–water partition coefficient (Wildman–Crippen LogP) is 3.17. The Morgan fingerprint density at radius 2 is 1.70 bits per heavy atom. The van der Waals surface area contributed by atoms with Crippen LogP contribution in [0, 0.1) is 6.92 Å². The number of benzene rings is 1. The Morgan fingerprint density at radius 1 is 1.04 bits per heavy atom. The molecule has 0 aliphatic heterocycles. The predicted molar refractivity (Wildman–Crippen MR) is 96.9 cm³/mol. The molecule has 2 N–H and O–H groups in total. The number of thiophene rings is 1. The van der Waals surface area contributed by atoms with Crippen molar-refractivity contribution in [3.8, 4) is 0 Å². The van der Waals surface area contributed by atoms with Gasteiger partial charge < -0.3 is 5.32 Å². The second kappa shape index (κ2) is 8.06. The smallest absolute Gasteiger partial charge is 0.216 e. The van der Waals surface area contributed by atoms with Crippen LogP contribution in [-0.2, 0) is 28.9 Å². The maximum absolute atomic E-state index is 11.9. The summed E-state index contributed by atoms with van der Waals surface area (Å²) in [5, 5.41) is 5.52. The van der Waals surface area contributed by atoms with Crippen LogP contribution in [0.4, 0.5) is 0 Å². The molecule has 0 spiro atoms. The van der Waals surface area contributed by atoms with Gasteiger partial charge in [0.1, 0.15) is 0 Å². The van der Waals surface area contributed by atoms with Crippen molar-refractivity contribution in [3.05, 3.63) is 57.3 Å². The first-order chi connectivity index (χ1) is 10.9. The lowest BCUT2D eigenvalue weighted by Crippen LogP contribution is -2.31. The summed E-state index contributed by atoms with van der Waals surface area (Å²) in [6, 6.07) is 9.77. The monoisotopic (exact) mass is 352 g/mol. The van der Waals surface area contributed by atoms with Gasteiger partial charge in [0.05, 0.1) is 5.75 Å². The molecular weight excluding hydrogens is 328 g/mol. The van der Waals surface area contributed by atoms with E-state index in [0.717, 1.165) is 24.2 Å². The first kappa shape index (κ1) is 18.1. The van der Waals surface area contributed by atoms with Gasteiger partial charge in [0.2, 0.25) is 10.0 Å². The van der Waals surface area contributed by atoms with E-state index >= 15 is 0 Å². The number of sulfonamides is 1. The van der Waals surface area contributed by atoms with Gasteiger partial charge in [0.15, 0.2) is 0 Å². The highest BCUT2D eigenvalue weighted by molar-refractivity contribution is 7.88. The normalized spacial score (nSPS) is 12.0. The maximum Gasteiger partial charge on any atom is 0.216 e. The van der Waals surface area contributed by atoms with E-state index in [9.17, 15) is 8.42 Å². The SMILES string of the molecule is Cc1ccsc1CNCc1ccc(CS(=O)(=O)NC(C)C)cc1. The Morgan fingerprint density at radius 3 is 2.26 bits per heavy atom. The number of nitrogens with one attached hydrogen (secondary N) is 2. The summed E-state index contributed by atoms with van der Waals surface area (Å²) in [5.41, 5.74) is 3.27. The van der Waals surface area contributed by atoms with E-state index in [4.69, 9.17) is 0 Å². The zero-order valence-corrected chi connectivity index (χ0v) is 15.4. The van der Waals surface area contributed by atoms with Crippen molar-refractivity contribution in [3.63, 3.8) is 0 Å². The van der Waals surface area contributed by atoms with Gasteiger partial charge >= 0.3 is 0 Å². The number of rotatable bonds is 8. The van der Waals surface area contributed by atoms with Crippen molar-refractivity contribution in [2.24, 2.45) is 0 Å². The van der Waals surface area contributed by atoms with Crippen LogP contribution in [0.5, 0.6) is 0 Å². The van der Waals surface area contributed by atoms with Gasteiger partial charge in [0, 0.05) is 24.0 Å². The molecule has 1 aromatic heterocycles. The molecule has 0 aliphatic rings. The van der Waals surface area contributed by atoms with E-state index in [2.05, 4.69) is 28.4 Å². The average Bonchev–Trinajstić information content (AvgIpc) is 2.84. The van der Waals surface area contributed by atoms with Crippen molar-refractivity contribution < 1.29 is 8.42 Å². The first-order valence-electron chi connectivity index (χ1n) is 7.67. The molecular formula is C17H24N2O2S2. The van der Waals surface area contributed by atoms with Gasteiger partial charge in [-0.15, -0.1) is 11.3 Å². The summed E-state index contributed by atoms with van der Waals surface area (Å²) >= 11 is 1.76. The molecule has 126 valence electrons. The number of aryl methyl sites for hydroxylation is 1. The minimum atomic E-state index is -3.26. The van der Waals surface area contributed by atoms with Gasteiger partial charge in [-0.05, 0) is 48.9 Å². The zero-order valence-electron chi connectivity index (χ0n) is 13.8. The van der Waals surface area contributed by atoms with E-state index in [0.29, 0.717) is 0 Å². The van der Waals surface area contributed by atoms with Crippen LogP contribution in [0.1, 0.15) is 35.4 Å². The topological polar surface area (TPSA) is 58.2 Å². The van der Waals surface area contributed by atoms with Gasteiger partial charge in [0.25, 0.3) is 0 Å². The largest absolute Gasteiger partial charge is 0.308 e. The average molecular weight is 353 g/mol. The van der Waals surface area contributed by atoms with E-state index in [1.54, 1.807) is 11.3 Å². The molecule has 6 heteroatoms. The summed E-state index contributed by atoms with van der Waals surface area (Å²) in [6.45, 7) is 7.39.